The van der Waals surface area contributed by atoms with Crippen LogP contribution >= 0.6 is 0 Å². The molecule has 0 amide bonds. The molecule has 0 saturated heterocycles. The Balaban J connectivity index is 1.98. The van der Waals surface area contributed by atoms with Crippen molar-refractivity contribution in [2.45, 2.75) is 18.8 Å². The van der Waals surface area contributed by atoms with Crippen molar-refractivity contribution >= 4 is 11.4 Å². The normalized spacial score (nSPS) is 19.4. The zero-order chi connectivity index (χ0) is 17.3. The van der Waals surface area contributed by atoms with Crippen LogP contribution < -0.4 is 0 Å². The summed E-state index contributed by atoms with van der Waals surface area (Å²) < 4.78 is 0. The molecule has 0 aromatic heterocycles. The number of ketones is 1. The Hall–Kier alpha value is -2.93. The number of carbonyl (C=O) groups is 1. The summed E-state index contributed by atoms with van der Waals surface area (Å²) in [5.41, 5.74) is 5.14. The Morgan fingerprint density at radius 2 is 1.16 bits per heavy atom. The van der Waals surface area contributed by atoms with E-state index >= 15 is 0 Å². The van der Waals surface area contributed by atoms with E-state index in [9.17, 15) is 4.79 Å². The van der Waals surface area contributed by atoms with Crippen molar-refractivity contribution in [3.8, 4) is 0 Å². The lowest BCUT2D eigenvalue weighted by Gasteiger charge is -2.42. The molecule has 0 heterocycles. The Bertz CT molecular complexity index is 882. The van der Waals surface area contributed by atoms with Crippen molar-refractivity contribution in [3.63, 3.8) is 0 Å². The SMILES string of the molecule is CC1(c2ccccc2)CC(=O)C1=C(c1ccccc1)c1ccccc1. The molecule has 3 aromatic rings. The first-order chi connectivity index (χ1) is 12.2. The summed E-state index contributed by atoms with van der Waals surface area (Å²) in [7, 11) is 0. The smallest absolute Gasteiger partial charge is 0.161 e. The molecule has 3 aromatic carbocycles. The van der Waals surface area contributed by atoms with E-state index in [0.717, 1.165) is 22.3 Å². The van der Waals surface area contributed by atoms with Crippen LogP contribution in [-0.4, -0.2) is 5.78 Å². The van der Waals surface area contributed by atoms with Crippen LogP contribution in [0.25, 0.3) is 5.57 Å². The van der Waals surface area contributed by atoms with Crippen molar-refractivity contribution in [3.05, 3.63) is 113 Å². The quantitative estimate of drug-likeness (QED) is 0.588. The topological polar surface area (TPSA) is 17.1 Å². The fraction of sp³-hybridized carbons (Fsp3) is 0.125. The van der Waals surface area contributed by atoms with E-state index in [1.54, 1.807) is 0 Å². The first kappa shape index (κ1) is 15.6. The molecule has 0 radical (unpaired) electrons. The fourth-order valence-electron chi connectivity index (χ4n) is 3.83. The lowest BCUT2D eigenvalue weighted by Crippen LogP contribution is -2.43. The maximum absolute atomic E-state index is 12.7. The van der Waals surface area contributed by atoms with E-state index in [-0.39, 0.29) is 11.2 Å². The summed E-state index contributed by atoms with van der Waals surface area (Å²) in [6, 6.07) is 30.9. The molecule has 1 atom stereocenters. The lowest BCUT2D eigenvalue weighted by molar-refractivity contribution is -0.121. The van der Waals surface area contributed by atoms with Crippen molar-refractivity contribution in [1.82, 2.24) is 0 Å². The van der Waals surface area contributed by atoms with Gasteiger partial charge in [-0.3, -0.25) is 4.79 Å². The molecule has 1 heteroatoms. The molecule has 4 rings (SSSR count). The van der Waals surface area contributed by atoms with Crippen LogP contribution in [0.3, 0.4) is 0 Å². The van der Waals surface area contributed by atoms with Gasteiger partial charge in [0.1, 0.15) is 0 Å². The number of benzene rings is 3. The Labute approximate surface area is 148 Å². The molecule has 1 saturated carbocycles. The predicted molar refractivity (Wildman–Crippen MR) is 102 cm³/mol. The molecule has 0 N–H and O–H groups in total. The van der Waals surface area contributed by atoms with Gasteiger partial charge in [0, 0.05) is 17.4 Å². The highest BCUT2D eigenvalue weighted by atomic mass is 16.1. The predicted octanol–water partition coefficient (Wildman–Crippen LogP) is 5.42. The van der Waals surface area contributed by atoms with Gasteiger partial charge in [-0.05, 0) is 22.3 Å². The standard InChI is InChI=1S/C24H20O/c1-24(20-15-9-4-10-16-20)17-21(25)23(24)22(18-11-5-2-6-12-18)19-13-7-3-8-14-19/h2-16H,17H2,1H3. The minimum Gasteiger partial charge on any atom is -0.294 e. The third-order valence-corrected chi connectivity index (χ3v) is 5.13. The van der Waals surface area contributed by atoms with Gasteiger partial charge < -0.3 is 0 Å². The first-order valence-corrected chi connectivity index (χ1v) is 8.64. The van der Waals surface area contributed by atoms with Crippen LogP contribution in [0.2, 0.25) is 0 Å². The molecule has 0 bridgehead atoms. The second-order valence-electron chi connectivity index (χ2n) is 6.78. The highest BCUT2D eigenvalue weighted by Gasteiger charge is 2.48. The molecule has 0 spiro atoms. The summed E-state index contributed by atoms with van der Waals surface area (Å²) in [5.74, 6) is 0.244. The highest BCUT2D eigenvalue weighted by molar-refractivity contribution is 6.14. The average Bonchev–Trinajstić information content (AvgIpc) is 2.68. The molecule has 1 aliphatic rings. The van der Waals surface area contributed by atoms with Gasteiger partial charge in [0.25, 0.3) is 0 Å². The summed E-state index contributed by atoms with van der Waals surface area (Å²) in [6.07, 6.45) is 0.565. The van der Waals surface area contributed by atoms with Gasteiger partial charge in [-0.1, -0.05) is 97.9 Å². The Morgan fingerprint density at radius 1 is 0.720 bits per heavy atom. The Morgan fingerprint density at radius 3 is 1.60 bits per heavy atom. The van der Waals surface area contributed by atoms with Crippen LogP contribution in [0.4, 0.5) is 0 Å². The summed E-state index contributed by atoms with van der Waals surface area (Å²) in [6.45, 7) is 2.19. The minimum atomic E-state index is -0.237. The molecule has 122 valence electrons. The summed E-state index contributed by atoms with van der Waals surface area (Å²) in [5, 5.41) is 0. The second-order valence-corrected chi connectivity index (χ2v) is 6.78. The number of hydrogen-bond donors (Lipinski definition) is 0. The van der Waals surface area contributed by atoms with Crippen LogP contribution in [0.1, 0.15) is 30.0 Å². The van der Waals surface area contributed by atoms with Gasteiger partial charge in [0.15, 0.2) is 5.78 Å². The van der Waals surface area contributed by atoms with Gasteiger partial charge >= 0.3 is 0 Å². The number of Topliss-reactive ketones (excluding diaryl/α,β-unsaturated/α-hetero) is 1. The molecular formula is C24H20O. The van der Waals surface area contributed by atoms with E-state index in [1.807, 2.05) is 54.6 Å². The van der Waals surface area contributed by atoms with Gasteiger partial charge in [0.2, 0.25) is 0 Å². The van der Waals surface area contributed by atoms with Crippen LogP contribution in [0, 0.1) is 0 Å². The summed E-state index contributed by atoms with van der Waals surface area (Å²) >= 11 is 0. The molecule has 0 aliphatic heterocycles. The van der Waals surface area contributed by atoms with E-state index in [2.05, 4.69) is 43.3 Å². The van der Waals surface area contributed by atoms with E-state index in [1.165, 1.54) is 5.56 Å². The van der Waals surface area contributed by atoms with Gasteiger partial charge in [-0.15, -0.1) is 0 Å². The zero-order valence-corrected chi connectivity index (χ0v) is 14.3. The van der Waals surface area contributed by atoms with E-state index < -0.39 is 0 Å². The maximum atomic E-state index is 12.7. The number of hydrogen-bond acceptors (Lipinski definition) is 1. The van der Waals surface area contributed by atoms with Crippen molar-refractivity contribution in [2.75, 3.05) is 0 Å². The summed E-state index contributed by atoms with van der Waals surface area (Å²) in [4.78, 5) is 12.7. The van der Waals surface area contributed by atoms with Crippen molar-refractivity contribution in [2.24, 2.45) is 0 Å². The number of rotatable bonds is 3. The third-order valence-electron chi connectivity index (χ3n) is 5.13. The monoisotopic (exact) mass is 324 g/mol. The van der Waals surface area contributed by atoms with Gasteiger partial charge in [0.05, 0.1) is 0 Å². The zero-order valence-electron chi connectivity index (χ0n) is 14.3. The van der Waals surface area contributed by atoms with Gasteiger partial charge in [-0.25, -0.2) is 0 Å². The van der Waals surface area contributed by atoms with Crippen LogP contribution in [-0.2, 0) is 10.2 Å². The molecule has 1 fully saturated rings. The molecule has 1 aliphatic carbocycles. The fourth-order valence-corrected chi connectivity index (χ4v) is 3.83. The number of allylic oxidation sites excluding steroid dienone is 1. The van der Waals surface area contributed by atoms with E-state index in [4.69, 9.17) is 0 Å². The first-order valence-electron chi connectivity index (χ1n) is 8.64. The molecule has 1 unspecified atom stereocenters. The minimum absolute atomic E-state index is 0.237. The molecular weight excluding hydrogens is 304 g/mol. The van der Waals surface area contributed by atoms with E-state index in [0.29, 0.717) is 6.42 Å². The maximum Gasteiger partial charge on any atom is 0.161 e. The molecule has 1 nitrogen and oxygen atoms in total. The third kappa shape index (κ3) is 2.62. The van der Waals surface area contributed by atoms with Crippen LogP contribution in [0.15, 0.2) is 96.6 Å². The van der Waals surface area contributed by atoms with Crippen molar-refractivity contribution < 1.29 is 4.79 Å². The largest absolute Gasteiger partial charge is 0.294 e. The Kier molecular flexibility index (Phi) is 3.85. The second kappa shape index (κ2) is 6.18. The average molecular weight is 324 g/mol. The number of carbonyl (C=O) groups excluding carboxylic acids is 1. The molecule has 25 heavy (non-hydrogen) atoms. The van der Waals surface area contributed by atoms with Gasteiger partial charge in [-0.2, -0.15) is 0 Å². The highest BCUT2D eigenvalue weighted by Crippen LogP contribution is 2.50. The van der Waals surface area contributed by atoms with Crippen molar-refractivity contribution in [1.29, 1.82) is 0 Å². The lowest BCUT2D eigenvalue weighted by atomic mass is 9.58. The van der Waals surface area contributed by atoms with Crippen LogP contribution in [0.5, 0.6) is 0 Å².